The predicted octanol–water partition coefficient (Wildman–Crippen LogP) is 5.19. The van der Waals surface area contributed by atoms with Gasteiger partial charge in [0, 0.05) is 29.7 Å². The lowest BCUT2D eigenvalue weighted by molar-refractivity contribution is 0.419. The Morgan fingerprint density at radius 1 is 0.971 bits per heavy atom. The van der Waals surface area contributed by atoms with Crippen LogP contribution in [0.1, 0.15) is 5.56 Å². The monoisotopic (exact) mass is 448 g/mol. The van der Waals surface area contributed by atoms with Gasteiger partial charge in [0.25, 0.3) is 5.56 Å². The Kier molecular flexibility index (Phi) is 4.55. The van der Waals surface area contributed by atoms with E-state index in [1.807, 2.05) is 84.5 Å². The summed E-state index contributed by atoms with van der Waals surface area (Å²) >= 11 is 0. The number of methoxy groups -OCH3 is 1. The van der Waals surface area contributed by atoms with E-state index in [1.165, 1.54) is 4.68 Å². The Balaban J connectivity index is 1.59. The zero-order valence-corrected chi connectivity index (χ0v) is 18.6. The van der Waals surface area contributed by atoms with Crippen LogP contribution in [-0.2, 0) is 7.05 Å². The number of ether oxygens (including phenoxy) is 1. The van der Waals surface area contributed by atoms with Crippen LogP contribution in [-0.4, -0.2) is 27.6 Å². The molecule has 166 valence electrons. The van der Waals surface area contributed by atoms with Gasteiger partial charge < -0.3 is 13.7 Å². The molecule has 0 fully saturated rings. The first-order valence-corrected chi connectivity index (χ1v) is 10.8. The predicted molar refractivity (Wildman–Crippen MR) is 134 cm³/mol. The molecule has 7 nitrogen and oxygen atoms in total. The molecule has 7 heteroatoms. The molecule has 6 aromatic rings. The van der Waals surface area contributed by atoms with Crippen molar-refractivity contribution in [1.82, 2.24) is 14.2 Å². The molecule has 0 amide bonds. The minimum absolute atomic E-state index is 0.274. The number of aromatic nitrogens is 3. The minimum atomic E-state index is -0.274. The Morgan fingerprint density at radius 2 is 1.76 bits per heavy atom. The van der Waals surface area contributed by atoms with E-state index >= 15 is 0 Å². The lowest BCUT2D eigenvalue weighted by atomic mass is 10.2. The van der Waals surface area contributed by atoms with Crippen LogP contribution >= 0.6 is 0 Å². The standard InChI is InChI=1S/C27H20N4O3/c1-30-16-17(18-8-4-6-11-22(18)30)15-28-31-26(29-21-10-5-3-9-19(21)27(31)32)25-14-20-23(33-2)12-7-13-24(20)34-25/h3-16H,1-2H3. The van der Waals surface area contributed by atoms with Gasteiger partial charge in [0.2, 0.25) is 5.82 Å². The highest BCUT2D eigenvalue weighted by Crippen LogP contribution is 2.33. The largest absolute Gasteiger partial charge is 0.496 e. The van der Waals surface area contributed by atoms with Crippen LogP contribution in [0.15, 0.2) is 93.3 Å². The number of nitrogens with zero attached hydrogens (tertiary/aromatic N) is 4. The van der Waals surface area contributed by atoms with Crippen LogP contribution in [0, 0.1) is 0 Å². The number of rotatable bonds is 4. The van der Waals surface area contributed by atoms with E-state index in [1.54, 1.807) is 19.4 Å². The van der Waals surface area contributed by atoms with Gasteiger partial charge in [-0.25, -0.2) is 4.98 Å². The van der Waals surface area contributed by atoms with Crippen molar-refractivity contribution in [2.45, 2.75) is 0 Å². The van der Waals surface area contributed by atoms with Crippen molar-refractivity contribution in [2.24, 2.45) is 12.1 Å². The Morgan fingerprint density at radius 3 is 2.62 bits per heavy atom. The van der Waals surface area contributed by atoms with Gasteiger partial charge in [-0.1, -0.05) is 36.4 Å². The van der Waals surface area contributed by atoms with Gasteiger partial charge in [-0.3, -0.25) is 4.79 Å². The van der Waals surface area contributed by atoms with E-state index in [0.717, 1.165) is 21.9 Å². The summed E-state index contributed by atoms with van der Waals surface area (Å²) in [5, 5.41) is 6.92. The second-order valence-electron chi connectivity index (χ2n) is 8.01. The number of benzene rings is 3. The fourth-order valence-electron chi connectivity index (χ4n) is 4.31. The lowest BCUT2D eigenvalue weighted by Gasteiger charge is -2.07. The Hall–Kier alpha value is -4.65. The first-order valence-electron chi connectivity index (χ1n) is 10.8. The van der Waals surface area contributed by atoms with Gasteiger partial charge in [0.1, 0.15) is 11.3 Å². The van der Waals surface area contributed by atoms with Crippen molar-refractivity contribution in [3.8, 4) is 17.3 Å². The zero-order valence-electron chi connectivity index (χ0n) is 18.6. The molecule has 0 bridgehead atoms. The van der Waals surface area contributed by atoms with Crippen molar-refractivity contribution in [1.29, 1.82) is 0 Å². The van der Waals surface area contributed by atoms with Gasteiger partial charge in [-0.05, 0) is 36.4 Å². The molecule has 34 heavy (non-hydrogen) atoms. The molecule has 0 radical (unpaired) electrons. The maximum atomic E-state index is 13.5. The molecule has 0 saturated carbocycles. The molecule has 0 unspecified atom stereocenters. The number of hydrogen-bond donors (Lipinski definition) is 0. The third kappa shape index (κ3) is 3.09. The molecule has 6 rings (SSSR count). The summed E-state index contributed by atoms with van der Waals surface area (Å²) in [6, 6.07) is 22.7. The summed E-state index contributed by atoms with van der Waals surface area (Å²) in [6.45, 7) is 0. The van der Waals surface area contributed by atoms with Gasteiger partial charge in [-0.2, -0.15) is 9.78 Å². The number of fused-ring (bicyclic) bond motifs is 3. The second kappa shape index (κ2) is 7.74. The van der Waals surface area contributed by atoms with Crippen molar-refractivity contribution in [3.63, 3.8) is 0 Å². The first kappa shape index (κ1) is 20.0. The lowest BCUT2D eigenvalue weighted by Crippen LogP contribution is -2.20. The van der Waals surface area contributed by atoms with Crippen LogP contribution in [0.3, 0.4) is 0 Å². The normalized spacial score (nSPS) is 11.8. The third-order valence-electron chi connectivity index (χ3n) is 5.96. The molecule has 0 aliphatic rings. The van der Waals surface area contributed by atoms with Gasteiger partial charge in [0.05, 0.1) is 29.6 Å². The molecular weight excluding hydrogens is 428 g/mol. The highest BCUT2D eigenvalue weighted by molar-refractivity contribution is 5.99. The second-order valence-corrected chi connectivity index (χ2v) is 8.01. The SMILES string of the molecule is COc1cccc2oc(-c3nc4ccccc4c(=O)n3N=Cc3cn(C)c4ccccc34)cc12. The number of para-hydroxylation sites is 2. The van der Waals surface area contributed by atoms with E-state index in [2.05, 4.69) is 5.10 Å². The molecule has 0 aliphatic heterocycles. The maximum absolute atomic E-state index is 13.5. The quantitative estimate of drug-likeness (QED) is 0.348. The average Bonchev–Trinajstić information content (AvgIpc) is 3.44. The fourth-order valence-corrected chi connectivity index (χ4v) is 4.31. The highest BCUT2D eigenvalue weighted by Gasteiger charge is 2.18. The summed E-state index contributed by atoms with van der Waals surface area (Å²) in [5.41, 5.74) is 2.92. The van der Waals surface area contributed by atoms with Crippen molar-refractivity contribution in [3.05, 3.63) is 94.9 Å². The summed E-state index contributed by atoms with van der Waals surface area (Å²) < 4.78 is 14.9. The molecule has 0 atom stereocenters. The fraction of sp³-hybridized carbons (Fsp3) is 0.0741. The first-order chi connectivity index (χ1) is 16.6. The smallest absolute Gasteiger partial charge is 0.282 e. The van der Waals surface area contributed by atoms with E-state index in [-0.39, 0.29) is 5.56 Å². The van der Waals surface area contributed by atoms with E-state index in [9.17, 15) is 4.79 Å². The van der Waals surface area contributed by atoms with Crippen LogP contribution in [0.2, 0.25) is 0 Å². The van der Waals surface area contributed by atoms with Gasteiger partial charge in [-0.15, -0.1) is 0 Å². The molecule has 3 aromatic carbocycles. The average molecular weight is 448 g/mol. The molecule has 0 N–H and O–H groups in total. The summed E-state index contributed by atoms with van der Waals surface area (Å²) in [5.74, 6) is 1.43. The highest BCUT2D eigenvalue weighted by atomic mass is 16.5. The van der Waals surface area contributed by atoms with Crippen molar-refractivity contribution >= 4 is 39.0 Å². The van der Waals surface area contributed by atoms with Crippen LogP contribution in [0.25, 0.3) is 44.4 Å². The molecule has 0 aliphatic carbocycles. The number of furan rings is 1. The van der Waals surface area contributed by atoms with E-state index < -0.39 is 0 Å². The van der Waals surface area contributed by atoms with Gasteiger partial charge in [0.15, 0.2) is 5.76 Å². The van der Waals surface area contributed by atoms with Crippen LogP contribution in [0.4, 0.5) is 0 Å². The number of hydrogen-bond acceptors (Lipinski definition) is 5. The number of aryl methyl sites for hydroxylation is 1. The maximum Gasteiger partial charge on any atom is 0.282 e. The molecule has 3 aromatic heterocycles. The molecule has 0 saturated heterocycles. The summed E-state index contributed by atoms with van der Waals surface area (Å²) in [7, 11) is 3.59. The van der Waals surface area contributed by atoms with Crippen LogP contribution in [0.5, 0.6) is 5.75 Å². The summed E-state index contributed by atoms with van der Waals surface area (Å²) in [6.07, 6.45) is 3.67. The van der Waals surface area contributed by atoms with Crippen molar-refractivity contribution in [2.75, 3.05) is 7.11 Å². The van der Waals surface area contributed by atoms with Crippen molar-refractivity contribution < 1.29 is 9.15 Å². The van der Waals surface area contributed by atoms with Gasteiger partial charge >= 0.3 is 0 Å². The molecular formula is C27H20N4O3. The third-order valence-corrected chi connectivity index (χ3v) is 5.96. The molecule has 0 spiro atoms. The Bertz CT molecular complexity index is 1790. The summed E-state index contributed by atoms with van der Waals surface area (Å²) in [4.78, 5) is 18.2. The topological polar surface area (TPSA) is 74.6 Å². The van der Waals surface area contributed by atoms with Crippen LogP contribution < -0.4 is 10.3 Å². The zero-order chi connectivity index (χ0) is 23.2. The van der Waals surface area contributed by atoms with E-state index in [4.69, 9.17) is 14.1 Å². The Labute approximate surface area is 194 Å². The molecule has 3 heterocycles. The minimum Gasteiger partial charge on any atom is -0.496 e. The van der Waals surface area contributed by atoms with E-state index in [0.29, 0.717) is 33.8 Å².